The molecule has 0 unspecified atom stereocenters. The second-order valence-electron chi connectivity index (χ2n) is 4.22. The molecule has 1 aromatic heterocycles. The molecular weight excluding hydrogens is 267 g/mol. The number of hydrogen-bond acceptors (Lipinski definition) is 4. The normalized spacial score (nSPS) is 12.0. The van der Waals surface area contributed by atoms with E-state index in [1.54, 1.807) is 42.6 Å². The summed E-state index contributed by atoms with van der Waals surface area (Å²) in [5, 5.41) is 8.78. The molecule has 0 aliphatic rings. The Morgan fingerprint density at radius 1 is 1.29 bits per heavy atom. The molecule has 104 valence electrons. The van der Waals surface area contributed by atoms with Crippen LogP contribution >= 0.6 is 0 Å². The van der Waals surface area contributed by atoms with Crippen molar-refractivity contribution >= 4 is 5.71 Å². The van der Waals surface area contributed by atoms with E-state index in [4.69, 9.17) is 11.0 Å². The summed E-state index contributed by atoms with van der Waals surface area (Å²) in [6.45, 7) is 0.147. The van der Waals surface area contributed by atoms with Crippen molar-refractivity contribution in [1.29, 1.82) is 5.26 Å². The van der Waals surface area contributed by atoms with Crippen LogP contribution in [0.4, 0.5) is 4.39 Å². The zero-order valence-corrected chi connectivity index (χ0v) is 11.2. The van der Waals surface area contributed by atoms with E-state index in [2.05, 4.69) is 9.98 Å². The number of nitriles is 1. The highest BCUT2D eigenvalue weighted by Gasteiger charge is 2.04. The van der Waals surface area contributed by atoms with Gasteiger partial charge in [0.2, 0.25) is 0 Å². The number of nitrogens with zero attached hydrogens (tertiary/aromatic N) is 3. The predicted molar refractivity (Wildman–Crippen MR) is 78.8 cm³/mol. The predicted octanol–water partition coefficient (Wildman–Crippen LogP) is 2.58. The molecule has 0 fully saturated rings. The number of aromatic nitrogens is 1. The van der Waals surface area contributed by atoms with Gasteiger partial charge in [0, 0.05) is 11.8 Å². The average Bonchev–Trinajstić information content (AvgIpc) is 2.53. The van der Waals surface area contributed by atoms with Crippen LogP contribution in [-0.2, 0) is 6.54 Å². The van der Waals surface area contributed by atoms with E-state index in [1.807, 2.05) is 6.07 Å². The zero-order chi connectivity index (χ0) is 15.1. The van der Waals surface area contributed by atoms with Crippen molar-refractivity contribution in [3.05, 3.63) is 77.5 Å². The highest BCUT2D eigenvalue weighted by molar-refractivity contribution is 6.07. The number of benzene rings is 1. The van der Waals surface area contributed by atoms with Crippen molar-refractivity contribution in [3.8, 4) is 6.07 Å². The first-order valence-corrected chi connectivity index (χ1v) is 6.27. The van der Waals surface area contributed by atoms with Gasteiger partial charge < -0.3 is 5.73 Å². The van der Waals surface area contributed by atoms with Crippen LogP contribution in [-0.4, -0.2) is 10.7 Å². The van der Waals surface area contributed by atoms with E-state index >= 15 is 0 Å². The van der Waals surface area contributed by atoms with E-state index in [9.17, 15) is 4.39 Å². The molecule has 0 amide bonds. The van der Waals surface area contributed by atoms with Gasteiger partial charge in [-0.15, -0.1) is 0 Å². The van der Waals surface area contributed by atoms with Crippen molar-refractivity contribution in [2.24, 2.45) is 10.7 Å². The third-order valence-corrected chi connectivity index (χ3v) is 2.73. The summed E-state index contributed by atoms with van der Waals surface area (Å²) < 4.78 is 13.6. The summed E-state index contributed by atoms with van der Waals surface area (Å²) >= 11 is 0. The molecule has 0 saturated carbocycles. The number of aliphatic imine (C=N–C) groups is 1. The molecule has 0 saturated heterocycles. The van der Waals surface area contributed by atoms with Crippen molar-refractivity contribution in [2.75, 3.05) is 0 Å². The van der Waals surface area contributed by atoms with Crippen LogP contribution < -0.4 is 5.73 Å². The summed E-state index contributed by atoms with van der Waals surface area (Å²) in [5.41, 5.74) is 7.03. The van der Waals surface area contributed by atoms with Crippen LogP contribution in [0.15, 0.2) is 65.4 Å². The summed E-state index contributed by atoms with van der Waals surface area (Å²) in [7, 11) is 0. The standard InChI is InChI=1S/C16H13FN4/c17-14-6-2-1-5-12(14)11-21-16(9-13(19)10-18)15-7-3-4-8-20-15/h1-9H,11,19H2. The monoisotopic (exact) mass is 280 g/mol. The maximum absolute atomic E-state index is 13.6. The van der Waals surface area contributed by atoms with Gasteiger partial charge in [-0.2, -0.15) is 5.26 Å². The fourth-order valence-corrected chi connectivity index (χ4v) is 1.69. The highest BCUT2D eigenvalue weighted by atomic mass is 19.1. The number of rotatable bonds is 4. The Bertz CT molecular complexity index is 715. The second kappa shape index (κ2) is 6.96. The SMILES string of the molecule is N#CC(N)=CC(=NCc1ccccc1F)c1ccccn1. The van der Waals surface area contributed by atoms with E-state index in [-0.39, 0.29) is 18.1 Å². The van der Waals surface area contributed by atoms with Crippen LogP contribution in [0.25, 0.3) is 0 Å². The fourth-order valence-electron chi connectivity index (χ4n) is 1.69. The van der Waals surface area contributed by atoms with Crippen molar-refractivity contribution in [1.82, 2.24) is 4.98 Å². The maximum atomic E-state index is 13.6. The maximum Gasteiger partial charge on any atom is 0.128 e. The van der Waals surface area contributed by atoms with Crippen molar-refractivity contribution in [3.63, 3.8) is 0 Å². The van der Waals surface area contributed by atoms with Crippen LogP contribution in [0.3, 0.4) is 0 Å². The van der Waals surface area contributed by atoms with E-state index in [0.717, 1.165) is 0 Å². The number of halogens is 1. The average molecular weight is 280 g/mol. The Morgan fingerprint density at radius 2 is 2.05 bits per heavy atom. The van der Waals surface area contributed by atoms with Gasteiger partial charge in [-0.1, -0.05) is 24.3 Å². The number of allylic oxidation sites excluding steroid dienone is 2. The molecular formula is C16H13FN4. The number of hydrogen-bond donors (Lipinski definition) is 1. The van der Waals surface area contributed by atoms with E-state index in [0.29, 0.717) is 17.0 Å². The minimum absolute atomic E-state index is 0.0212. The van der Waals surface area contributed by atoms with Gasteiger partial charge >= 0.3 is 0 Å². The molecule has 4 nitrogen and oxygen atoms in total. The molecule has 5 heteroatoms. The van der Waals surface area contributed by atoms with Gasteiger partial charge in [0.25, 0.3) is 0 Å². The first-order valence-electron chi connectivity index (χ1n) is 6.27. The summed E-state index contributed by atoms with van der Waals surface area (Å²) in [4.78, 5) is 8.49. The van der Waals surface area contributed by atoms with Crippen molar-refractivity contribution < 1.29 is 4.39 Å². The molecule has 0 aliphatic carbocycles. The van der Waals surface area contributed by atoms with Crippen LogP contribution in [0.1, 0.15) is 11.3 Å². The van der Waals surface area contributed by atoms with Crippen LogP contribution in [0.2, 0.25) is 0 Å². The summed E-state index contributed by atoms with van der Waals surface area (Å²) in [5.74, 6) is -0.321. The van der Waals surface area contributed by atoms with E-state index < -0.39 is 0 Å². The van der Waals surface area contributed by atoms with Crippen molar-refractivity contribution in [2.45, 2.75) is 6.54 Å². The minimum atomic E-state index is -0.321. The fraction of sp³-hybridized carbons (Fsp3) is 0.0625. The van der Waals surface area contributed by atoms with Gasteiger partial charge in [0.15, 0.2) is 0 Å². The molecule has 0 atom stereocenters. The molecule has 0 radical (unpaired) electrons. The van der Waals surface area contributed by atoms with Gasteiger partial charge in [0.05, 0.1) is 18.0 Å². The van der Waals surface area contributed by atoms with Crippen LogP contribution in [0.5, 0.6) is 0 Å². The Balaban J connectivity index is 2.35. The molecule has 2 rings (SSSR count). The third kappa shape index (κ3) is 3.98. The van der Waals surface area contributed by atoms with Crippen LogP contribution in [0, 0.1) is 17.1 Å². The molecule has 2 aromatic rings. The van der Waals surface area contributed by atoms with Gasteiger partial charge in [-0.05, 0) is 24.3 Å². The number of pyridine rings is 1. The molecule has 0 spiro atoms. The summed E-state index contributed by atoms with van der Waals surface area (Å²) in [6.07, 6.45) is 3.05. The van der Waals surface area contributed by atoms with Gasteiger partial charge in [-0.3, -0.25) is 9.98 Å². The molecule has 0 aliphatic heterocycles. The Morgan fingerprint density at radius 3 is 2.71 bits per heavy atom. The largest absolute Gasteiger partial charge is 0.390 e. The third-order valence-electron chi connectivity index (χ3n) is 2.73. The zero-order valence-electron chi connectivity index (χ0n) is 11.2. The Kier molecular flexibility index (Phi) is 4.78. The lowest BCUT2D eigenvalue weighted by atomic mass is 10.2. The minimum Gasteiger partial charge on any atom is -0.390 e. The molecule has 0 bridgehead atoms. The van der Waals surface area contributed by atoms with E-state index in [1.165, 1.54) is 12.1 Å². The first kappa shape index (κ1) is 14.4. The molecule has 2 N–H and O–H groups in total. The second-order valence-corrected chi connectivity index (χ2v) is 4.22. The van der Waals surface area contributed by atoms with Gasteiger partial charge in [0.1, 0.15) is 17.6 Å². The Labute approximate surface area is 122 Å². The number of nitrogens with two attached hydrogens (primary N) is 1. The topological polar surface area (TPSA) is 75.1 Å². The Hall–Kier alpha value is -3.00. The lowest BCUT2D eigenvalue weighted by molar-refractivity contribution is 0.611. The smallest absolute Gasteiger partial charge is 0.128 e. The highest BCUT2D eigenvalue weighted by Crippen LogP contribution is 2.09. The first-order chi connectivity index (χ1) is 10.2. The quantitative estimate of drug-likeness (QED) is 0.691. The molecule has 1 aromatic carbocycles. The summed E-state index contributed by atoms with van der Waals surface area (Å²) in [6, 6.07) is 13.6. The molecule has 21 heavy (non-hydrogen) atoms. The molecule has 1 heterocycles. The van der Waals surface area contributed by atoms with Gasteiger partial charge in [-0.25, -0.2) is 4.39 Å². The lowest BCUT2D eigenvalue weighted by Crippen LogP contribution is -2.05. The lowest BCUT2D eigenvalue weighted by Gasteiger charge is -2.03.